The lowest BCUT2D eigenvalue weighted by atomic mass is 10.1. The SMILES string of the molecule is NCC#Cc1cc(CSCC(O)CO)ccc1F. The van der Waals surface area contributed by atoms with Crippen molar-refractivity contribution >= 4 is 11.8 Å². The van der Waals surface area contributed by atoms with Crippen LogP contribution < -0.4 is 5.73 Å². The lowest BCUT2D eigenvalue weighted by Crippen LogP contribution is -2.14. The number of rotatable bonds is 5. The van der Waals surface area contributed by atoms with Gasteiger partial charge in [-0.15, -0.1) is 0 Å². The Labute approximate surface area is 110 Å². The first-order valence-electron chi connectivity index (χ1n) is 5.51. The molecular weight excluding hydrogens is 253 g/mol. The standard InChI is InChI=1S/C13H16FNO2S/c14-13-4-3-10(6-11(13)2-1-5-15)8-18-9-12(17)7-16/h3-4,6,12,16-17H,5,7-9,15H2. The summed E-state index contributed by atoms with van der Waals surface area (Å²) in [7, 11) is 0. The van der Waals surface area contributed by atoms with Crippen molar-refractivity contribution in [3.05, 3.63) is 35.1 Å². The molecule has 0 aliphatic heterocycles. The van der Waals surface area contributed by atoms with Crippen LogP contribution >= 0.6 is 11.8 Å². The van der Waals surface area contributed by atoms with Gasteiger partial charge in [-0.2, -0.15) is 11.8 Å². The maximum atomic E-state index is 13.4. The quantitative estimate of drug-likeness (QED) is 0.689. The van der Waals surface area contributed by atoms with Crippen molar-refractivity contribution in [2.45, 2.75) is 11.9 Å². The third kappa shape index (κ3) is 5.07. The molecule has 0 spiro atoms. The molecule has 0 amide bonds. The minimum absolute atomic E-state index is 0.196. The molecule has 98 valence electrons. The topological polar surface area (TPSA) is 66.5 Å². The van der Waals surface area contributed by atoms with Crippen LogP contribution in [-0.2, 0) is 5.75 Å². The Morgan fingerprint density at radius 1 is 1.44 bits per heavy atom. The van der Waals surface area contributed by atoms with E-state index in [9.17, 15) is 9.50 Å². The Kier molecular flexibility index (Phi) is 6.76. The number of hydrogen-bond donors (Lipinski definition) is 3. The minimum atomic E-state index is -0.716. The second kappa shape index (κ2) is 8.11. The number of thioether (sulfide) groups is 1. The molecule has 18 heavy (non-hydrogen) atoms. The van der Waals surface area contributed by atoms with Crippen LogP contribution in [0.3, 0.4) is 0 Å². The summed E-state index contributed by atoms with van der Waals surface area (Å²) in [5, 5.41) is 17.9. The predicted octanol–water partition coefficient (Wildman–Crippen LogP) is 0.722. The summed E-state index contributed by atoms with van der Waals surface area (Å²) in [6, 6.07) is 4.73. The molecule has 1 unspecified atom stereocenters. The summed E-state index contributed by atoms with van der Waals surface area (Å²) in [5.74, 6) is 6.00. The third-order valence-corrected chi connectivity index (χ3v) is 3.30. The fourth-order valence-electron chi connectivity index (χ4n) is 1.27. The zero-order valence-corrected chi connectivity index (χ0v) is 10.7. The van der Waals surface area contributed by atoms with Gasteiger partial charge in [0.2, 0.25) is 0 Å². The van der Waals surface area contributed by atoms with Gasteiger partial charge in [0, 0.05) is 11.5 Å². The van der Waals surface area contributed by atoms with E-state index in [1.54, 1.807) is 12.1 Å². The molecule has 0 heterocycles. The van der Waals surface area contributed by atoms with Crippen LogP contribution in [-0.4, -0.2) is 35.2 Å². The lowest BCUT2D eigenvalue weighted by molar-refractivity contribution is 0.113. The average molecular weight is 269 g/mol. The van der Waals surface area contributed by atoms with Crippen molar-refractivity contribution < 1.29 is 14.6 Å². The number of nitrogens with two attached hydrogens (primary N) is 1. The van der Waals surface area contributed by atoms with Gasteiger partial charge in [-0.1, -0.05) is 17.9 Å². The Morgan fingerprint density at radius 2 is 2.22 bits per heavy atom. The molecule has 0 fully saturated rings. The predicted molar refractivity (Wildman–Crippen MR) is 71.6 cm³/mol. The van der Waals surface area contributed by atoms with E-state index in [1.807, 2.05) is 0 Å². The molecule has 1 aromatic rings. The van der Waals surface area contributed by atoms with Gasteiger partial charge in [0.05, 0.1) is 24.8 Å². The number of hydrogen-bond acceptors (Lipinski definition) is 4. The van der Waals surface area contributed by atoms with E-state index in [0.29, 0.717) is 17.1 Å². The molecule has 0 radical (unpaired) electrons. The summed E-state index contributed by atoms with van der Waals surface area (Å²) in [6.07, 6.45) is -0.716. The Morgan fingerprint density at radius 3 is 2.89 bits per heavy atom. The smallest absolute Gasteiger partial charge is 0.138 e. The molecule has 5 heteroatoms. The van der Waals surface area contributed by atoms with Crippen LogP contribution in [0.2, 0.25) is 0 Å². The molecule has 0 saturated carbocycles. The van der Waals surface area contributed by atoms with E-state index in [4.69, 9.17) is 10.8 Å². The maximum Gasteiger partial charge on any atom is 0.138 e. The molecule has 0 bridgehead atoms. The summed E-state index contributed by atoms with van der Waals surface area (Å²) in [4.78, 5) is 0. The highest BCUT2D eigenvalue weighted by Gasteiger charge is 2.04. The first-order chi connectivity index (χ1) is 8.67. The number of benzene rings is 1. The zero-order valence-electron chi connectivity index (χ0n) is 9.90. The number of aliphatic hydroxyl groups is 2. The van der Waals surface area contributed by atoms with E-state index in [1.165, 1.54) is 17.8 Å². The van der Waals surface area contributed by atoms with Gasteiger partial charge >= 0.3 is 0 Å². The molecule has 0 saturated heterocycles. The van der Waals surface area contributed by atoms with Crippen molar-refractivity contribution in [2.24, 2.45) is 5.73 Å². The molecule has 3 nitrogen and oxygen atoms in total. The van der Waals surface area contributed by atoms with Crippen LogP contribution in [0.15, 0.2) is 18.2 Å². The molecule has 1 aromatic carbocycles. The highest BCUT2D eigenvalue weighted by molar-refractivity contribution is 7.98. The molecule has 0 aliphatic carbocycles. The summed E-state index contributed by atoms with van der Waals surface area (Å²) in [5.41, 5.74) is 6.50. The lowest BCUT2D eigenvalue weighted by Gasteiger charge is -2.07. The van der Waals surface area contributed by atoms with E-state index >= 15 is 0 Å². The van der Waals surface area contributed by atoms with Gasteiger partial charge in [0.1, 0.15) is 5.82 Å². The molecule has 1 atom stereocenters. The second-order valence-corrected chi connectivity index (χ2v) is 4.70. The maximum absolute atomic E-state index is 13.4. The Bertz CT molecular complexity index is 442. The fraction of sp³-hybridized carbons (Fsp3) is 0.385. The molecular formula is C13H16FNO2S. The van der Waals surface area contributed by atoms with Gasteiger partial charge in [-0.25, -0.2) is 4.39 Å². The van der Waals surface area contributed by atoms with Crippen LogP contribution in [0, 0.1) is 17.7 Å². The summed E-state index contributed by atoms with van der Waals surface area (Å²) >= 11 is 1.47. The van der Waals surface area contributed by atoms with Gasteiger partial charge in [-0.05, 0) is 17.7 Å². The number of aliphatic hydroxyl groups excluding tert-OH is 2. The van der Waals surface area contributed by atoms with Crippen molar-refractivity contribution in [2.75, 3.05) is 18.9 Å². The highest BCUT2D eigenvalue weighted by Crippen LogP contribution is 2.16. The first-order valence-corrected chi connectivity index (χ1v) is 6.67. The normalized spacial score (nSPS) is 11.8. The average Bonchev–Trinajstić information content (AvgIpc) is 2.38. The van der Waals surface area contributed by atoms with Crippen molar-refractivity contribution in [1.82, 2.24) is 0 Å². The van der Waals surface area contributed by atoms with Crippen LogP contribution in [0.5, 0.6) is 0 Å². The molecule has 0 aliphatic rings. The van der Waals surface area contributed by atoms with Gasteiger partial charge in [0.15, 0.2) is 0 Å². The van der Waals surface area contributed by atoms with E-state index in [2.05, 4.69) is 11.8 Å². The van der Waals surface area contributed by atoms with Crippen molar-refractivity contribution in [3.63, 3.8) is 0 Å². The summed E-state index contributed by atoms with van der Waals surface area (Å²) < 4.78 is 13.4. The van der Waals surface area contributed by atoms with E-state index in [-0.39, 0.29) is 19.0 Å². The third-order valence-electron chi connectivity index (χ3n) is 2.15. The minimum Gasteiger partial charge on any atom is -0.394 e. The van der Waals surface area contributed by atoms with Crippen molar-refractivity contribution in [3.8, 4) is 11.8 Å². The van der Waals surface area contributed by atoms with Crippen molar-refractivity contribution in [1.29, 1.82) is 0 Å². The van der Waals surface area contributed by atoms with E-state index in [0.717, 1.165) is 5.56 Å². The Balaban J connectivity index is 2.61. The highest BCUT2D eigenvalue weighted by atomic mass is 32.2. The van der Waals surface area contributed by atoms with Crippen LogP contribution in [0.1, 0.15) is 11.1 Å². The molecule has 1 rings (SSSR count). The largest absolute Gasteiger partial charge is 0.394 e. The van der Waals surface area contributed by atoms with Gasteiger partial charge in [0.25, 0.3) is 0 Å². The second-order valence-electron chi connectivity index (χ2n) is 3.67. The summed E-state index contributed by atoms with van der Waals surface area (Å²) in [6.45, 7) is -0.0508. The van der Waals surface area contributed by atoms with Gasteiger partial charge < -0.3 is 15.9 Å². The zero-order chi connectivity index (χ0) is 13.4. The van der Waals surface area contributed by atoms with Crippen LogP contribution in [0.4, 0.5) is 4.39 Å². The van der Waals surface area contributed by atoms with Crippen LogP contribution in [0.25, 0.3) is 0 Å². The Hall–Kier alpha value is -1.06. The van der Waals surface area contributed by atoms with E-state index < -0.39 is 6.10 Å². The molecule has 4 N–H and O–H groups in total. The van der Waals surface area contributed by atoms with Gasteiger partial charge in [-0.3, -0.25) is 0 Å². The first kappa shape index (κ1) is 15.0. The molecule has 0 aromatic heterocycles. The monoisotopic (exact) mass is 269 g/mol. The number of halogens is 1. The fourth-order valence-corrected chi connectivity index (χ4v) is 2.18.